The van der Waals surface area contributed by atoms with Crippen LogP contribution < -0.4 is 0 Å². The monoisotopic (exact) mass is 486 g/mol. The molecule has 0 aliphatic rings. The fourth-order valence-corrected chi connectivity index (χ4v) is 3.41. The van der Waals surface area contributed by atoms with E-state index in [9.17, 15) is 0 Å². The lowest BCUT2D eigenvalue weighted by Crippen LogP contribution is -2.25. The van der Waals surface area contributed by atoms with Gasteiger partial charge in [0.05, 0.1) is 0 Å². The minimum absolute atomic E-state index is 0.230. The third-order valence-electron chi connectivity index (χ3n) is 5.47. The molecule has 200 valence electrons. The Morgan fingerprint density at radius 1 is 0.457 bits per heavy atom. The van der Waals surface area contributed by atoms with Crippen LogP contribution in [0.25, 0.3) is 0 Å². The average molecular weight is 487 g/mol. The van der Waals surface area contributed by atoms with E-state index in [1.165, 1.54) is 12.8 Å². The molecule has 0 aromatic heterocycles. The zero-order valence-corrected chi connectivity index (χ0v) is 23.2. The first-order valence-corrected chi connectivity index (χ1v) is 13.9. The van der Waals surface area contributed by atoms with Crippen LogP contribution in [-0.2, 0) is 14.2 Å². The van der Waals surface area contributed by atoms with Crippen LogP contribution in [0.5, 0.6) is 0 Å². The summed E-state index contributed by atoms with van der Waals surface area (Å²) in [5.74, 6) is 0. The highest BCUT2D eigenvalue weighted by Gasteiger charge is 2.14. The first kappa shape index (κ1) is 33.3. The van der Waals surface area contributed by atoms with Crippen LogP contribution in [-0.4, -0.2) is 26.8 Å². The predicted octanol–water partition coefficient (Wildman–Crippen LogP) is 9.79. The number of hydrogen-bond donors (Lipinski definition) is 0. The molecule has 3 heteroatoms. The summed E-state index contributed by atoms with van der Waals surface area (Å²) in [6.45, 7) is 4.33. The molecule has 0 saturated heterocycles. The van der Waals surface area contributed by atoms with E-state index in [0.29, 0.717) is 0 Å². The highest BCUT2D eigenvalue weighted by Crippen LogP contribution is 2.13. The summed E-state index contributed by atoms with van der Waals surface area (Å²) in [6, 6.07) is 0. The van der Waals surface area contributed by atoms with Crippen LogP contribution in [0.4, 0.5) is 0 Å². The number of unbranched alkanes of at least 4 members (excludes halogenated alkanes) is 4. The molecule has 0 amide bonds. The third kappa shape index (κ3) is 25.2. The van der Waals surface area contributed by atoms with Gasteiger partial charge in [-0.1, -0.05) is 86.8 Å². The highest BCUT2D eigenvalue weighted by molar-refractivity contribution is 4.94. The molecule has 3 nitrogen and oxygen atoms in total. The SMILES string of the molecule is CC/C=C/C/C=C/CCC/C=C/CCC(OC)OC(CC/C=C/CCC/C=C/C/C=C/CC)OC. The number of rotatable bonds is 24. The summed E-state index contributed by atoms with van der Waals surface area (Å²) >= 11 is 0. The van der Waals surface area contributed by atoms with Gasteiger partial charge in [0.15, 0.2) is 12.6 Å². The Balaban J connectivity index is 3.87. The van der Waals surface area contributed by atoms with E-state index in [1.54, 1.807) is 14.2 Å². The second-order valence-corrected chi connectivity index (χ2v) is 8.60. The quantitative estimate of drug-likeness (QED) is 0.0771. The molecule has 2 atom stereocenters. The summed E-state index contributed by atoms with van der Waals surface area (Å²) in [5, 5.41) is 0. The maximum absolute atomic E-state index is 6.01. The van der Waals surface area contributed by atoms with E-state index in [0.717, 1.165) is 77.0 Å². The van der Waals surface area contributed by atoms with Gasteiger partial charge in [0, 0.05) is 27.1 Å². The second kappa shape index (κ2) is 28.6. The summed E-state index contributed by atoms with van der Waals surface area (Å²) in [6.07, 6.45) is 41.4. The Bertz CT molecular complexity index is 546. The minimum atomic E-state index is -0.230. The van der Waals surface area contributed by atoms with Crippen LogP contribution in [0.2, 0.25) is 0 Å². The third-order valence-corrected chi connectivity index (χ3v) is 5.47. The molecule has 0 aliphatic carbocycles. The zero-order valence-electron chi connectivity index (χ0n) is 23.2. The Morgan fingerprint density at radius 2 is 0.800 bits per heavy atom. The molecule has 0 heterocycles. The Labute approximate surface area is 217 Å². The van der Waals surface area contributed by atoms with Gasteiger partial charge >= 0.3 is 0 Å². The lowest BCUT2D eigenvalue weighted by molar-refractivity contribution is -0.232. The predicted molar refractivity (Wildman–Crippen MR) is 154 cm³/mol. The van der Waals surface area contributed by atoms with Crippen molar-refractivity contribution < 1.29 is 14.2 Å². The second-order valence-electron chi connectivity index (χ2n) is 8.60. The van der Waals surface area contributed by atoms with Crippen molar-refractivity contribution in [1.82, 2.24) is 0 Å². The lowest BCUT2D eigenvalue weighted by atomic mass is 10.2. The van der Waals surface area contributed by atoms with E-state index in [1.807, 2.05) is 0 Å². The normalized spacial score (nSPS) is 14.7. The summed E-state index contributed by atoms with van der Waals surface area (Å²) < 4.78 is 17.0. The first-order chi connectivity index (χ1) is 17.3. The Kier molecular flexibility index (Phi) is 27.2. The van der Waals surface area contributed by atoms with Gasteiger partial charge in [-0.15, -0.1) is 0 Å². The number of methoxy groups -OCH3 is 2. The van der Waals surface area contributed by atoms with Gasteiger partial charge in [0.25, 0.3) is 0 Å². The molecule has 0 bridgehead atoms. The molecule has 2 unspecified atom stereocenters. The molecule has 0 spiro atoms. The molecule has 0 saturated carbocycles. The first-order valence-electron chi connectivity index (χ1n) is 13.9. The van der Waals surface area contributed by atoms with Crippen LogP contribution in [0, 0.1) is 0 Å². The van der Waals surface area contributed by atoms with Crippen molar-refractivity contribution in [2.24, 2.45) is 0 Å². The molecule has 0 aromatic carbocycles. The van der Waals surface area contributed by atoms with Gasteiger partial charge in [-0.05, 0) is 77.0 Å². The molecular formula is C32H54O3. The largest absolute Gasteiger partial charge is 0.356 e. The summed E-state index contributed by atoms with van der Waals surface area (Å²) in [5.41, 5.74) is 0. The van der Waals surface area contributed by atoms with Crippen molar-refractivity contribution in [2.45, 2.75) is 116 Å². The van der Waals surface area contributed by atoms with Crippen molar-refractivity contribution >= 4 is 0 Å². The maximum atomic E-state index is 6.01. The highest BCUT2D eigenvalue weighted by atomic mass is 16.8. The van der Waals surface area contributed by atoms with Gasteiger partial charge < -0.3 is 14.2 Å². The van der Waals surface area contributed by atoms with Gasteiger partial charge in [0.2, 0.25) is 0 Å². The average Bonchev–Trinajstić information content (AvgIpc) is 2.88. The van der Waals surface area contributed by atoms with Gasteiger partial charge in [0.1, 0.15) is 0 Å². The molecule has 0 aliphatic heterocycles. The molecule has 0 rings (SSSR count). The van der Waals surface area contributed by atoms with E-state index in [4.69, 9.17) is 14.2 Å². The minimum Gasteiger partial charge on any atom is -0.356 e. The summed E-state index contributed by atoms with van der Waals surface area (Å²) in [7, 11) is 3.41. The van der Waals surface area contributed by atoms with E-state index < -0.39 is 0 Å². The smallest absolute Gasteiger partial charge is 0.160 e. The van der Waals surface area contributed by atoms with Crippen molar-refractivity contribution in [3.05, 3.63) is 72.9 Å². The molecule has 0 aromatic rings. The van der Waals surface area contributed by atoms with Crippen molar-refractivity contribution in [3.63, 3.8) is 0 Å². The van der Waals surface area contributed by atoms with Crippen molar-refractivity contribution in [2.75, 3.05) is 14.2 Å². The number of hydrogen-bond acceptors (Lipinski definition) is 3. The number of ether oxygens (including phenoxy) is 3. The fourth-order valence-electron chi connectivity index (χ4n) is 3.41. The standard InChI is InChI=1S/C32H54O3/c1-5-7-9-11-13-15-17-19-21-23-25-27-29-31(33-3)35-32(34-4)30-28-26-24-22-20-18-16-14-12-10-8-6-2/h7-10,13-16,23-26,31-32H,5-6,11-12,17-22,27-30H2,1-4H3/b9-7+,10-8+,15-13+,16-14+,25-23+,26-24+. The van der Waals surface area contributed by atoms with Crippen LogP contribution in [0.15, 0.2) is 72.9 Å². The molecular weight excluding hydrogens is 432 g/mol. The topological polar surface area (TPSA) is 27.7 Å². The molecule has 0 radical (unpaired) electrons. The van der Waals surface area contributed by atoms with Crippen molar-refractivity contribution in [3.8, 4) is 0 Å². The van der Waals surface area contributed by atoms with E-state index in [-0.39, 0.29) is 12.6 Å². The van der Waals surface area contributed by atoms with Crippen LogP contribution in [0.3, 0.4) is 0 Å². The fraction of sp³-hybridized carbons (Fsp3) is 0.625. The Hall–Kier alpha value is -1.68. The van der Waals surface area contributed by atoms with Gasteiger partial charge in [-0.2, -0.15) is 0 Å². The maximum Gasteiger partial charge on any atom is 0.160 e. The van der Waals surface area contributed by atoms with Crippen molar-refractivity contribution in [1.29, 1.82) is 0 Å². The molecule has 35 heavy (non-hydrogen) atoms. The van der Waals surface area contributed by atoms with Crippen LogP contribution >= 0.6 is 0 Å². The Morgan fingerprint density at radius 3 is 1.17 bits per heavy atom. The van der Waals surface area contributed by atoms with E-state index >= 15 is 0 Å². The zero-order chi connectivity index (χ0) is 25.7. The van der Waals surface area contributed by atoms with Gasteiger partial charge in [-0.25, -0.2) is 0 Å². The van der Waals surface area contributed by atoms with E-state index in [2.05, 4.69) is 86.8 Å². The molecule has 0 fully saturated rings. The lowest BCUT2D eigenvalue weighted by Gasteiger charge is -2.22. The van der Waals surface area contributed by atoms with Crippen LogP contribution in [0.1, 0.15) is 104 Å². The summed E-state index contributed by atoms with van der Waals surface area (Å²) in [4.78, 5) is 0. The molecule has 0 N–H and O–H groups in total. The number of allylic oxidation sites excluding steroid dienone is 12. The van der Waals surface area contributed by atoms with Gasteiger partial charge in [-0.3, -0.25) is 0 Å².